The smallest absolute Gasteiger partial charge is 0.254 e. The lowest BCUT2D eigenvalue weighted by Crippen LogP contribution is -2.54. The summed E-state index contributed by atoms with van der Waals surface area (Å²) in [6.45, 7) is 2.97. The molecule has 2 aromatic carbocycles. The number of rotatable bonds is 3. The van der Waals surface area contributed by atoms with Gasteiger partial charge in [-0.3, -0.25) is 9.59 Å². The van der Waals surface area contributed by atoms with Crippen LogP contribution in [0.1, 0.15) is 24.0 Å². The monoisotopic (exact) mass is 432 g/mol. The number of halogens is 2. The van der Waals surface area contributed by atoms with Crippen LogP contribution in [0.4, 0.5) is 0 Å². The number of nitrogens with one attached hydrogen (secondary N) is 1. The quantitative estimate of drug-likeness (QED) is 0.590. The average Bonchev–Trinajstić information content (AvgIpc) is 2.91. The molecule has 0 saturated carbocycles. The van der Waals surface area contributed by atoms with Gasteiger partial charge in [0.2, 0.25) is 4.87 Å². The van der Waals surface area contributed by atoms with E-state index in [0.717, 1.165) is 16.7 Å². The molecule has 2 aliphatic heterocycles. The van der Waals surface area contributed by atoms with Gasteiger partial charge >= 0.3 is 0 Å². The molecule has 2 aliphatic rings. The number of carbonyl (C=O) groups is 2. The number of hydrogen-bond acceptors (Lipinski definition) is 4. The van der Waals surface area contributed by atoms with E-state index in [1.165, 1.54) is 0 Å². The SMILES string of the molecule is CON1CCC2(CC1)NC(=O)C(Cl)(c1cc(-c3ccc(Cl)cc3)ccc1C)C2=O. The minimum Gasteiger partial charge on any atom is -0.341 e. The van der Waals surface area contributed by atoms with Crippen molar-refractivity contribution < 1.29 is 14.4 Å². The molecule has 5 nitrogen and oxygen atoms in total. The maximum atomic E-state index is 13.6. The number of hydrogen-bond donors (Lipinski definition) is 1. The first-order valence-electron chi connectivity index (χ1n) is 9.53. The van der Waals surface area contributed by atoms with E-state index >= 15 is 0 Å². The zero-order valence-electron chi connectivity index (χ0n) is 16.3. The number of carbonyl (C=O) groups excluding carboxylic acids is 2. The molecule has 2 saturated heterocycles. The van der Waals surface area contributed by atoms with Crippen LogP contribution in [0.25, 0.3) is 11.1 Å². The Morgan fingerprint density at radius 3 is 2.28 bits per heavy atom. The Hall–Kier alpha value is -1.92. The summed E-state index contributed by atoms with van der Waals surface area (Å²) in [6.07, 6.45) is 0.936. The van der Waals surface area contributed by atoms with E-state index in [2.05, 4.69) is 5.32 Å². The van der Waals surface area contributed by atoms with Gasteiger partial charge in [-0.25, -0.2) is 0 Å². The molecule has 0 aliphatic carbocycles. The number of ketones is 1. The van der Waals surface area contributed by atoms with Gasteiger partial charge in [-0.1, -0.05) is 47.5 Å². The van der Waals surface area contributed by atoms with Crippen molar-refractivity contribution in [3.05, 3.63) is 58.6 Å². The molecular formula is C22H22Cl2N2O3. The fraction of sp³-hybridized carbons (Fsp3) is 0.364. The van der Waals surface area contributed by atoms with Gasteiger partial charge < -0.3 is 10.2 Å². The average molecular weight is 433 g/mol. The van der Waals surface area contributed by atoms with E-state index < -0.39 is 16.3 Å². The second kappa shape index (κ2) is 7.40. The summed E-state index contributed by atoms with van der Waals surface area (Å²) in [5, 5.41) is 5.35. The minimum absolute atomic E-state index is 0.274. The third-order valence-electron chi connectivity index (χ3n) is 6.03. The summed E-state index contributed by atoms with van der Waals surface area (Å²) in [5.74, 6) is -0.727. The molecule has 29 heavy (non-hydrogen) atoms. The molecular weight excluding hydrogens is 411 g/mol. The van der Waals surface area contributed by atoms with Gasteiger partial charge in [0.25, 0.3) is 5.91 Å². The number of hydroxylamine groups is 2. The van der Waals surface area contributed by atoms with Gasteiger partial charge in [0.05, 0.1) is 7.11 Å². The van der Waals surface area contributed by atoms with Crippen LogP contribution in [-0.4, -0.2) is 42.5 Å². The van der Waals surface area contributed by atoms with Crippen LogP contribution in [0.3, 0.4) is 0 Å². The first-order chi connectivity index (χ1) is 13.8. The molecule has 0 radical (unpaired) electrons. The van der Waals surface area contributed by atoms with Crippen molar-refractivity contribution in [3.8, 4) is 11.1 Å². The summed E-state index contributed by atoms with van der Waals surface area (Å²) >= 11 is 12.8. The van der Waals surface area contributed by atoms with Gasteiger partial charge in [0.15, 0.2) is 5.78 Å². The Kier molecular flexibility index (Phi) is 5.20. The van der Waals surface area contributed by atoms with Crippen LogP contribution in [0.2, 0.25) is 5.02 Å². The molecule has 1 amide bonds. The fourth-order valence-corrected chi connectivity index (χ4v) is 4.81. The molecule has 2 heterocycles. The molecule has 2 aromatic rings. The Labute approximate surface area is 179 Å². The predicted octanol–water partition coefficient (Wildman–Crippen LogP) is 3.84. The lowest BCUT2D eigenvalue weighted by Gasteiger charge is -2.37. The summed E-state index contributed by atoms with van der Waals surface area (Å²) < 4.78 is 0. The van der Waals surface area contributed by atoms with Crippen LogP contribution < -0.4 is 5.32 Å². The van der Waals surface area contributed by atoms with Crippen LogP contribution >= 0.6 is 23.2 Å². The molecule has 7 heteroatoms. The highest BCUT2D eigenvalue weighted by Crippen LogP contribution is 2.45. The number of aryl methyl sites for hydroxylation is 1. The maximum absolute atomic E-state index is 13.6. The molecule has 1 unspecified atom stereocenters. The molecule has 1 atom stereocenters. The Morgan fingerprint density at radius 2 is 1.66 bits per heavy atom. The number of piperidine rings is 1. The zero-order valence-corrected chi connectivity index (χ0v) is 17.8. The second-order valence-electron chi connectivity index (χ2n) is 7.67. The van der Waals surface area contributed by atoms with Gasteiger partial charge in [0, 0.05) is 18.1 Å². The molecule has 4 rings (SSSR count). The lowest BCUT2D eigenvalue weighted by molar-refractivity contribution is -0.157. The van der Waals surface area contributed by atoms with Crippen molar-refractivity contribution in [1.82, 2.24) is 10.4 Å². The van der Waals surface area contributed by atoms with Crippen molar-refractivity contribution in [1.29, 1.82) is 0 Å². The van der Waals surface area contributed by atoms with E-state index in [9.17, 15) is 9.59 Å². The Morgan fingerprint density at radius 1 is 1.03 bits per heavy atom. The number of nitrogens with zero attached hydrogens (tertiary/aromatic N) is 1. The summed E-state index contributed by atoms with van der Waals surface area (Å²) in [4.78, 5) is 30.1. The number of benzene rings is 2. The van der Waals surface area contributed by atoms with Crippen molar-refractivity contribution in [2.24, 2.45) is 0 Å². The van der Waals surface area contributed by atoms with E-state index in [1.54, 1.807) is 24.3 Å². The first kappa shape index (κ1) is 20.4. The number of amides is 1. The third kappa shape index (κ3) is 3.26. The van der Waals surface area contributed by atoms with Crippen LogP contribution in [0, 0.1) is 6.92 Å². The molecule has 2 fully saturated rings. The van der Waals surface area contributed by atoms with Gasteiger partial charge in [0.1, 0.15) is 5.54 Å². The van der Waals surface area contributed by atoms with Gasteiger partial charge in [-0.2, -0.15) is 5.06 Å². The fourth-order valence-electron chi connectivity index (χ4n) is 4.26. The highest BCUT2D eigenvalue weighted by Gasteiger charge is 2.63. The molecule has 1 N–H and O–H groups in total. The molecule has 152 valence electrons. The highest BCUT2D eigenvalue weighted by atomic mass is 35.5. The largest absolute Gasteiger partial charge is 0.341 e. The van der Waals surface area contributed by atoms with Crippen LogP contribution in [-0.2, 0) is 19.3 Å². The van der Waals surface area contributed by atoms with E-state index in [0.29, 0.717) is 36.5 Å². The van der Waals surface area contributed by atoms with Gasteiger partial charge in [-0.05, 0) is 60.2 Å². The van der Waals surface area contributed by atoms with Gasteiger partial charge in [-0.15, -0.1) is 0 Å². The number of alkyl halides is 1. The van der Waals surface area contributed by atoms with Crippen molar-refractivity contribution in [2.45, 2.75) is 30.2 Å². The van der Waals surface area contributed by atoms with Crippen LogP contribution in [0.5, 0.6) is 0 Å². The minimum atomic E-state index is -1.73. The highest BCUT2D eigenvalue weighted by molar-refractivity contribution is 6.49. The normalized spacial score (nSPS) is 24.1. The number of Topliss-reactive ketones (excluding diaryl/α,β-unsaturated/α-hetero) is 1. The summed E-state index contributed by atoms with van der Waals surface area (Å²) in [6, 6.07) is 13.1. The van der Waals surface area contributed by atoms with E-state index in [4.69, 9.17) is 28.0 Å². The molecule has 0 bridgehead atoms. The first-order valence-corrected chi connectivity index (χ1v) is 10.3. The van der Waals surface area contributed by atoms with Crippen molar-refractivity contribution in [2.75, 3.05) is 20.2 Å². The molecule has 1 spiro atoms. The second-order valence-corrected chi connectivity index (χ2v) is 8.68. The maximum Gasteiger partial charge on any atom is 0.254 e. The van der Waals surface area contributed by atoms with Crippen LogP contribution in [0.15, 0.2) is 42.5 Å². The van der Waals surface area contributed by atoms with E-state index in [1.807, 2.05) is 37.3 Å². The van der Waals surface area contributed by atoms with Crippen molar-refractivity contribution in [3.63, 3.8) is 0 Å². The predicted molar refractivity (Wildman–Crippen MR) is 113 cm³/mol. The third-order valence-corrected chi connectivity index (χ3v) is 6.83. The van der Waals surface area contributed by atoms with E-state index in [-0.39, 0.29) is 5.78 Å². The van der Waals surface area contributed by atoms with Crippen molar-refractivity contribution >= 4 is 34.9 Å². The standard InChI is InChI=1S/C22H22Cl2N2O3/c1-14-3-4-16(15-5-7-17(23)8-6-15)13-18(14)22(24)19(27)21(25-20(22)28)9-11-26(29-2)12-10-21/h3-8,13H,9-12H2,1-2H3,(H,25,28). The Balaban J connectivity index is 1.73. The summed E-state index contributed by atoms with van der Waals surface area (Å²) in [5.41, 5.74) is 2.19. The topological polar surface area (TPSA) is 58.6 Å². The lowest BCUT2D eigenvalue weighted by atomic mass is 9.79. The summed E-state index contributed by atoms with van der Waals surface area (Å²) in [7, 11) is 1.60. The Bertz CT molecular complexity index is 969. The zero-order chi connectivity index (χ0) is 20.8. The molecule has 0 aromatic heterocycles.